The SMILES string of the molecule is CCCCOc1ccc(C(=O)NCC(O)c2ccccc2C(F)(F)F)cc1. The molecule has 0 spiro atoms. The molecule has 0 saturated carbocycles. The monoisotopic (exact) mass is 381 g/mol. The number of benzene rings is 2. The lowest BCUT2D eigenvalue weighted by Crippen LogP contribution is -2.29. The molecule has 0 heterocycles. The predicted molar refractivity (Wildman–Crippen MR) is 95.6 cm³/mol. The van der Waals surface area contributed by atoms with Crippen molar-refractivity contribution in [2.75, 3.05) is 13.2 Å². The average molecular weight is 381 g/mol. The van der Waals surface area contributed by atoms with Gasteiger partial charge >= 0.3 is 6.18 Å². The Morgan fingerprint density at radius 1 is 1.15 bits per heavy atom. The zero-order valence-corrected chi connectivity index (χ0v) is 14.9. The third-order valence-electron chi connectivity index (χ3n) is 3.96. The lowest BCUT2D eigenvalue weighted by atomic mass is 10.0. The van der Waals surface area contributed by atoms with Crippen LogP contribution in [0.5, 0.6) is 5.75 Å². The number of hydrogen-bond acceptors (Lipinski definition) is 3. The smallest absolute Gasteiger partial charge is 0.416 e. The van der Waals surface area contributed by atoms with E-state index in [4.69, 9.17) is 4.74 Å². The first kappa shape index (κ1) is 20.8. The number of nitrogens with one attached hydrogen (secondary N) is 1. The maximum Gasteiger partial charge on any atom is 0.416 e. The number of aliphatic hydroxyl groups excluding tert-OH is 1. The van der Waals surface area contributed by atoms with Gasteiger partial charge in [-0.3, -0.25) is 4.79 Å². The van der Waals surface area contributed by atoms with Gasteiger partial charge in [0.25, 0.3) is 5.91 Å². The van der Waals surface area contributed by atoms with Gasteiger partial charge in [0.15, 0.2) is 0 Å². The largest absolute Gasteiger partial charge is 0.494 e. The fourth-order valence-electron chi connectivity index (χ4n) is 2.48. The Kier molecular flexibility index (Phi) is 7.24. The summed E-state index contributed by atoms with van der Waals surface area (Å²) in [5.74, 6) is 0.151. The maximum atomic E-state index is 13.0. The summed E-state index contributed by atoms with van der Waals surface area (Å²) in [4.78, 5) is 12.1. The average Bonchev–Trinajstić information content (AvgIpc) is 2.66. The van der Waals surface area contributed by atoms with E-state index in [9.17, 15) is 23.1 Å². The van der Waals surface area contributed by atoms with Gasteiger partial charge in [0.2, 0.25) is 0 Å². The van der Waals surface area contributed by atoms with Crippen molar-refractivity contribution in [2.45, 2.75) is 32.0 Å². The Labute approximate surface area is 156 Å². The summed E-state index contributed by atoms with van der Waals surface area (Å²) in [6, 6.07) is 11.2. The van der Waals surface area contributed by atoms with Crippen LogP contribution >= 0.6 is 0 Å². The predicted octanol–water partition coefficient (Wildman–Crippen LogP) is 4.35. The first-order valence-electron chi connectivity index (χ1n) is 8.68. The molecule has 0 saturated heterocycles. The zero-order valence-electron chi connectivity index (χ0n) is 14.9. The first-order valence-corrected chi connectivity index (χ1v) is 8.68. The van der Waals surface area contributed by atoms with E-state index in [2.05, 4.69) is 12.2 Å². The van der Waals surface area contributed by atoms with E-state index in [1.54, 1.807) is 24.3 Å². The molecular formula is C20H22F3NO3. The van der Waals surface area contributed by atoms with Crippen LogP contribution in [0.4, 0.5) is 13.2 Å². The minimum Gasteiger partial charge on any atom is -0.494 e. The molecule has 0 aliphatic heterocycles. The summed E-state index contributed by atoms with van der Waals surface area (Å²) in [7, 11) is 0. The molecule has 4 nitrogen and oxygen atoms in total. The highest BCUT2D eigenvalue weighted by atomic mass is 19.4. The number of hydrogen-bond donors (Lipinski definition) is 2. The van der Waals surface area contributed by atoms with E-state index in [0.717, 1.165) is 18.9 Å². The lowest BCUT2D eigenvalue weighted by Gasteiger charge is -2.18. The van der Waals surface area contributed by atoms with Crippen molar-refractivity contribution in [2.24, 2.45) is 0 Å². The van der Waals surface area contributed by atoms with Gasteiger partial charge in [-0.15, -0.1) is 0 Å². The van der Waals surface area contributed by atoms with Crippen molar-refractivity contribution < 1.29 is 27.8 Å². The number of rotatable bonds is 8. The van der Waals surface area contributed by atoms with Gasteiger partial charge in [-0.05, 0) is 42.3 Å². The van der Waals surface area contributed by atoms with E-state index < -0.39 is 23.8 Å². The molecule has 2 aromatic carbocycles. The van der Waals surface area contributed by atoms with Crippen molar-refractivity contribution >= 4 is 5.91 Å². The molecule has 1 amide bonds. The molecule has 1 atom stereocenters. The summed E-state index contributed by atoms with van der Waals surface area (Å²) in [6.45, 7) is 2.31. The highest BCUT2D eigenvalue weighted by molar-refractivity contribution is 5.94. The van der Waals surface area contributed by atoms with Gasteiger partial charge in [0.1, 0.15) is 5.75 Å². The molecule has 146 valence electrons. The number of unbranched alkanes of at least 4 members (excludes halogenated alkanes) is 1. The molecule has 2 rings (SSSR count). The summed E-state index contributed by atoms with van der Waals surface area (Å²) in [5, 5.41) is 12.5. The van der Waals surface area contributed by atoms with Crippen molar-refractivity contribution in [1.82, 2.24) is 5.32 Å². The van der Waals surface area contributed by atoms with Crippen LogP contribution in [0, 0.1) is 0 Å². The van der Waals surface area contributed by atoms with Crippen LogP contribution < -0.4 is 10.1 Å². The number of amides is 1. The molecule has 0 radical (unpaired) electrons. The van der Waals surface area contributed by atoms with Crippen LogP contribution in [0.25, 0.3) is 0 Å². The van der Waals surface area contributed by atoms with E-state index in [-0.39, 0.29) is 12.1 Å². The van der Waals surface area contributed by atoms with Crippen LogP contribution in [0.15, 0.2) is 48.5 Å². The Morgan fingerprint density at radius 3 is 2.44 bits per heavy atom. The lowest BCUT2D eigenvalue weighted by molar-refractivity contribution is -0.139. The van der Waals surface area contributed by atoms with Crippen LogP contribution in [0.3, 0.4) is 0 Å². The highest BCUT2D eigenvalue weighted by Crippen LogP contribution is 2.34. The molecule has 0 aromatic heterocycles. The van der Waals surface area contributed by atoms with E-state index in [1.165, 1.54) is 18.2 Å². The molecule has 0 aliphatic rings. The molecule has 1 unspecified atom stereocenters. The van der Waals surface area contributed by atoms with Gasteiger partial charge in [0, 0.05) is 12.1 Å². The molecule has 0 bridgehead atoms. The number of carbonyl (C=O) groups is 1. The Balaban J connectivity index is 1.95. The normalized spacial score (nSPS) is 12.5. The number of halogens is 3. The first-order chi connectivity index (χ1) is 12.8. The molecule has 2 N–H and O–H groups in total. The van der Waals surface area contributed by atoms with E-state index in [0.29, 0.717) is 17.9 Å². The van der Waals surface area contributed by atoms with Crippen molar-refractivity contribution in [3.05, 3.63) is 65.2 Å². The van der Waals surface area contributed by atoms with Gasteiger partial charge < -0.3 is 15.2 Å². The number of aliphatic hydroxyl groups is 1. The van der Waals surface area contributed by atoms with E-state index in [1.807, 2.05) is 0 Å². The van der Waals surface area contributed by atoms with Crippen LogP contribution in [0.2, 0.25) is 0 Å². The number of alkyl halides is 3. The third-order valence-corrected chi connectivity index (χ3v) is 3.96. The second kappa shape index (κ2) is 9.41. The van der Waals surface area contributed by atoms with Gasteiger partial charge in [-0.1, -0.05) is 31.5 Å². The number of carbonyl (C=O) groups excluding carboxylic acids is 1. The number of ether oxygens (including phenoxy) is 1. The fourth-order valence-corrected chi connectivity index (χ4v) is 2.48. The quantitative estimate of drug-likeness (QED) is 0.669. The zero-order chi connectivity index (χ0) is 19.9. The molecular weight excluding hydrogens is 359 g/mol. The second-order valence-corrected chi connectivity index (χ2v) is 6.04. The van der Waals surface area contributed by atoms with Crippen molar-refractivity contribution in [3.8, 4) is 5.75 Å². The standard InChI is InChI=1S/C20H22F3NO3/c1-2-3-12-27-15-10-8-14(9-11-15)19(26)24-13-18(25)16-6-4-5-7-17(16)20(21,22)23/h4-11,18,25H,2-3,12-13H2,1H3,(H,24,26). The van der Waals surface area contributed by atoms with Crippen LogP contribution in [0.1, 0.15) is 47.4 Å². The second-order valence-electron chi connectivity index (χ2n) is 6.04. The molecule has 0 aliphatic carbocycles. The minimum absolute atomic E-state index is 0.273. The van der Waals surface area contributed by atoms with Crippen molar-refractivity contribution in [3.63, 3.8) is 0 Å². The fraction of sp³-hybridized carbons (Fsp3) is 0.350. The molecule has 2 aromatic rings. The third kappa shape index (κ3) is 5.99. The van der Waals surface area contributed by atoms with Crippen LogP contribution in [-0.2, 0) is 6.18 Å². The Hall–Kier alpha value is -2.54. The summed E-state index contributed by atoms with van der Waals surface area (Å²) < 4.78 is 44.5. The summed E-state index contributed by atoms with van der Waals surface area (Å²) in [5.41, 5.74) is -0.862. The van der Waals surface area contributed by atoms with Gasteiger partial charge in [-0.2, -0.15) is 13.2 Å². The topological polar surface area (TPSA) is 58.6 Å². The minimum atomic E-state index is -4.57. The maximum absolute atomic E-state index is 13.0. The highest BCUT2D eigenvalue weighted by Gasteiger charge is 2.34. The van der Waals surface area contributed by atoms with Gasteiger partial charge in [-0.25, -0.2) is 0 Å². The molecule has 27 heavy (non-hydrogen) atoms. The Bertz CT molecular complexity index is 745. The summed E-state index contributed by atoms with van der Waals surface area (Å²) in [6.07, 6.45) is -4.10. The van der Waals surface area contributed by atoms with E-state index >= 15 is 0 Å². The van der Waals surface area contributed by atoms with Gasteiger partial charge in [0.05, 0.1) is 18.3 Å². The molecule has 7 heteroatoms. The Morgan fingerprint density at radius 2 is 1.81 bits per heavy atom. The molecule has 0 fully saturated rings. The van der Waals surface area contributed by atoms with Crippen molar-refractivity contribution in [1.29, 1.82) is 0 Å². The summed E-state index contributed by atoms with van der Waals surface area (Å²) >= 11 is 0. The van der Waals surface area contributed by atoms with Crippen LogP contribution in [-0.4, -0.2) is 24.2 Å².